The molecule has 0 radical (unpaired) electrons. The monoisotopic (exact) mass is 233 g/mol. The van der Waals surface area contributed by atoms with Gasteiger partial charge < -0.3 is 5.11 Å². The first-order valence-corrected chi connectivity index (χ1v) is 6.26. The van der Waals surface area contributed by atoms with Crippen LogP contribution in [-0.2, 0) is 17.6 Å². The third-order valence-electron chi connectivity index (χ3n) is 3.27. The Hall–Kier alpha value is -1.38. The molecule has 1 aliphatic carbocycles. The van der Waals surface area contributed by atoms with Gasteiger partial charge in [-0.1, -0.05) is 19.9 Å². The SMILES string of the molecule is CC(C)Cc1ccc2c(n1)CCC2CC(=O)O. The molecule has 0 bridgehead atoms. The minimum Gasteiger partial charge on any atom is -0.481 e. The molecule has 1 N–H and O–H groups in total. The standard InChI is InChI=1S/C14H19NO2/c1-9(2)7-11-4-5-12-10(8-14(16)17)3-6-13(12)15-11/h4-5,9-10H,3,6-8H2,1-2H3,(H,16,17). The highest BCUT2D eigenvalue weighted by Crippen LogP contribution is 2.34. The van der Waals surface area contributed by atoms with Crippen LogP contribution in [0.1, 0.15) is 49.6 Å². The van der Waals surface area contributed by atoms with Crippen LogP contribution in [0.2, 0.25) is 0 Å². The summed E-state index contributed by atoms with van der Waals surface area (Å²) in [6.07, 6.45) is 3.09. The summed E-state index contributed by atoms with van der Waals surface area (Å²) in [5.41, 5.74) is 3.41. The van der Waals surface area contributed by atoms with Crippen molar-refractivity contribution in [2.75, 3.05) is 0 Å². The van der Waals surface area contributed by atoms with Crippen molar-refractivity contribution in [3.8, 4) is 0 Å². The molecule has 0 fully saturated rings. The molecular formula is C14H19NO2. The van der Waals surface area contributed by atoms with Crippen LogP contribution in [0.15, 0.2) is 12.1 Å². The second-order valence-electron chi connectivity index (χ2n) is 5.27. The van der Waals surface area contributed by atoms with Crippen LogP contribution in [0.3, 0.4) is 0 Å². The minimum absolute atomic E-state index is 0.170. The molecule has 92 valence electrons. The first-order chi connectivity index (χ1) is 8.06. The first-order valence-electron chi connectivity index (χ1n) is 6.26. The van der Waals surface area contributed by atoms with Crippen molar-refractivity contribution in [1.29, 1.82) is 0 Å². The van der Waals surface area contributed by atoms with E-state index in [9.17, 15) is 4.79 Å². The fraction of sp³-hybridized carbons (Fsp3) is 0.571. The molecule has 0 saturated heterocycles. The van der Waals surface area contributed by atoms with E-state index in [4.69, 9.17) is 5.11 Å². The van der Waals surface area contributed by atoms with E-state index in [0.717, 1.165) is 36.2 Å². The Morgan fingerprint density at radius 3 is 2.94 bits per heavy atom. The first kappa shape index (κ1) is 12.1. The number of aromatic nitrogens is 1. The number of pyridine rings is 1. The molecule has 1 heterocycles. The van der Waals surface area contributed by atoms with Gasteiger partial charge in [-0.2, -0.15) is 0 Å². The topological polar surface area (TPSA) is 50.2 Å². The van der Waals surface area contributed by atoms with Crippen LogP contribution in [0, 0.1) is 5.92 Å². The normalized spacial score (nSPS) is 18.4. The van der Waals surface area contributed by atoms with E-state index in [1.807, 2.05) is 0 Å². The van der Waals surface area contributed by atoms with Crippen LogP contribution in [-0.4, -0.2) is 16.1 Å². The number of nitrogens with zero attached hydrogens (tertiary/aromatic N) is 1. The number of aliphatic carboxylic acids is 1. The van der Waals surface area contributed by atoms with E-state index >= 15 is 0 Å². The lowest BCUT2D eigenvalue weighted by Gasteiger charge is -2.09. The average Bonchev–Trinajstić information content (AvgIpc) is 2.59. The average molecular weight is 233 g/mol. The summed E-state index contributed by atoms with van der Waals surface area (Å²) >= 11 is 0. The van der Waals surface area contributed by atoms with Crippen LogP contribution in [0.5, 0.6) is 0 Å². The molecular weight excluding hydrogens is 214 g/mol. The third kappa shape index (κ3) is 2.84. The third-order valence-corrected chi connectivity index (χ3v) is 3.27. The second kappa shape index (κ2) is 4.86. The molecule has 3 heteroatoms. The number of carboxylic acid groups (broad SMARTS) is 1. The Balaban J connectivity index is 2.16. The lowest BCUT2D eigenvalue weighted by atomic mass is 9.98. The maximum absolute atomic E-state index is 10.8. The molecule has 2 rings (SSSR count). The molecule has 1 unspecified atom stereocenters. The highest BCUT2D eigenvalue weighted by molar-refractivity contribution is 5.68. The van der Waals surface area contributed by atoms with Crippen molar-refractivity contribution in [3.05, 3.63) is 29.1 Å². The summed E-state index contributed by atoms with van der Waals surface area (Å²) < 4.78 is 0. The van der Waals surface area contributed by atoms with Gasteiger partial charge in [-0.15, -0.1) is 0 Å². The van der Waals surface area contributed by atoms with Crippen molar-refractivity contribution in [2.24, 2.45) is 5.92 Å². The number of rotatable bonds is 4. The highest BCUT2D eigenvalue weighted by atomic mass is 16.4. The zero-order chi connectivity index (χ0) is 12.4. The van der Waals surface area contributed by atoms with E-state index in [1.54, 1.807) is 0 Å². The molecule has 17 heavy (non-hydrogen) atoms. The smallest absolute Gasteiger partial charge is 0.303 e. The van der Waals surface area contributed by atoms with E-state index in [0.29, 0.717) is 5.92 Å². The number of fused-ring (bicyclic) bond motifs is 1. The van der Waals surface area contributed by atoms with E-state index < -0.39 is 5.97 Å². The quantitative estimate of drug-likeness (QED) is 0.870. The summed E-state index contributed by atoms with van der Waals surface area (Å²) in [5.74, 6) is 0.0639. The van der Waals surface area contributed by atoms with Crippen molar-refractivity contribution in [3.63, 3.8) is 0 Å². The highest BCUT2D eigenvalue weighted by Gasteiger charge is 2.25. The van der Waals surface area contributed by atoms with Crippen LogP contribution >= 0.6 is 0 Å². The van der Waals surface area contributed by atoms with E-state index in [1.165, 1.54) is 0 Å². The van der Waals surface area contributed by atoms with Gasteiger partial charge in [0, 0.05) is 11.4 Å². The van der Waals surface area contributed by atoms with Gasteiger partial charge >= 0.3 is 5.97 Å². The maximum Gasteiger partial charge on any atom is 0.303 e. The summed E-state index contributed by atoms with van der Waals surface area (Å²) in [6.45, 7) is 4.37. The van der Waals surface area contributed by atoms with Gasteiger partial charge in [-0.25, -0.2) is 0 Å². The Morgan fingerprint density at radius 2 is 2.29 bits per heavy atom. The van der Waals surface area contributed by atoms with Gasteiger partial charge in [0.15, 0.2) is 0 Å². The van der Waals surface area contributed by atoms with Crippen molar-refractivity contribution in [1.82, 2.24) is 4.98 Å². The Morgan fingerprint density at radius 1 is 1.53 bits per heavy atom. The number of hydrogen-bond donors (Lipinski definition) is 1. The summed E-state index contributed by atoms with van der Waals surface area (Å²) in [6, 6.07) is 4.14. The summed E-state index contributed by atoms with van der Waals surface area (Å²) in [5, 5.41) is 8.85. The second-order valence-corrected chi connectivity index (χ2v) is 5.27. The molecule has 1 aromatic rings. The van der Waals surface area contributed by atoms with E-state index in [-0.39, 0.29) is 12.3 Å². The summed E-state index contributed by atoms with van der Waals surface area (Å²) in [4.78, 5) is 15.4. The van der Waals surface area contributed by atoms with Crippen LogP contribution in [0.25, 0.3) is 0 Å². The fourth-order valence-electron chi connectivity index (χ4n) is 2.55. The molecule has 1 atom stereocenters. The predicted octanol–water partition coefficient (Wildman–Crippen LogP) is 2.78. The molecule has 3 nitrogen and oxygen atoms in total. The van der Waals surface area contributed by atoms with Crippen molar-refractivity contribution in [2.45, 2.75) is 45.4 Å². The van der Waals surface area contributed by atoms with Gasteiger partial charge in [0.2, 0.25) is 0 Å². The Labute approximate surface area is 102 Å². The Bertz CT molecular complexity index is 426. The van der Waals surface area contributed by atoms with Gasteiger partial charge in [-0.05, 0) is 42.7 Å². The number of hydrogen-bond acceptors (Lipinski definition) is 2. The fourth-order valence-corrected chi connectivity index (χ4v) is 2.55. The largest absolute Gasteiger partial charge is 0.481 e. The molecule has 0 aromatic carbocycles. The molecule has 1 aromatic heterocycles. The number of carbonyl (C=O) groups is 1. The van der Waals surface area contributed by atoms with E-state index in [2.05, 4.69) is 31.0 Å². The zero-order valence-electron chi connectivity index (χ0n) is 10.4. The lowest BCUT2D eigenvalue weighted by Crippen LogP contribution is -2.04. The molecule has 0 aliphatic heterocycles. The number of carboxylic acids is 1. The molecule has 0 saturated carbocycles. The van der Waals surface area contributed by atoms with Gasteiger partial charge in [0.05, 0.1) is 6.42 Å². The number of aryl methyl sites for hydroxylation is 1. The van der Waals surface area contributed by atoms with Crippen molar-refractivity contribution >= 4 is 5.97 Å². The van der Waals surface area contributed by atoms with Gasteiger partial charge in [0.25, 0.3) is 0 Å². The Kier molecular flexibility index (Phi) is 3.46. The lowest BCUT2D eigenvalue weighted by molar-refractivity contribution is -0.137. The van der Waals surface area contributed by atoms with Gasteiger partial charge in [0.1, 0.15) is 0 Å². The van der Waals surface area contributed by atoms with Gasteiger partial charge in [-0.3, -0.25) is 9.78 Å². The van der Waals surface area contributed by atoms with Crippen LogP contribution in [0.4, 0.5) is 0 Å². The molecule has 0 spiro atoms. The van der Waals surface area contributed by atoms with Crippen molar-refractivity contribution < 1.29 is 9.90 Å². The molecule has 0 amide bonds. The zero-order valence-corrected chi connectivity index (χ0v) is 10.4. The summed E-state index contributed by atoms with van der Waals surface area (Å²) in [7, 11) is 0. The maximum atomic E-state index is 10.8. The minimum atomic E-state index is -0.714. The van der Waals surface area contributed by atoms with Crippen LogP contribution < -0.4 is 0 Å². The molecule has 1 aliphatic rings. The predicted molar refractivity (Wildman–Crippen MR) is 66.1 cm³/mol.